The molecule has 0 atom stereocenters. The van der Waals surface area contributed by atoms with Crippen LogP contribution >= 0.6 is 0 Å². The number of hydrogen-bond acceptors (Lipinski definition) is 3. The van der Waals surface area contributed by atoms with Crippen molar-refractivity contribution in [1.29, 1.82) is 0 Å². The van der Waals surface area contributed by atoms with E-state index in [9.17, 15) is 4.79 Å². The van der Waals surface area contributed by atoms with E-state index in [-0.39, 0.29) is 11.4 Å². The van der Waals surface area contributed by atoms with E-state index in [1.807, 2.05) is 6.07 Å². The van der Waals surface area contributed by atoms with Crippen molar-refractivity contribution in [2.24, 2.45) is 0 Å². The second-order valence-corrected chi connectivity index (χ2v) is 6.68. The molecule has 1 aliphatic rings. The molecule has 0 saturated carbocycles. The number of benzene rings is 1. The maximum Gasteiger partial charge on any atom is 0.220 e. The van der Waals surface area contributed by atoms with Gasteiger partial charge in [0.05, 0.1) is 13.2 Å². The molecular formula is C18H28N2O2. The van der Waals surface area contributed by atoms with Gasteiger partial charge >= 0.3 is 0 Å². The summed E-state index contributed by atoms with van der Waals surface area (Å²) in [7, 11) is 0. The second kappa shape index (κ2) is 7.75. The first-order valence-corrected chi connectivity index (χ1v) is 8.12. The van der Waals surface area contributed by atoms with Crippen molar-refractivity contribution in [1.82, 2.24) is 10.2 Å². The zero-order chi connectivity index (χ0) is 16.0. The number of nitrogens with one attached hydrogen (secondary N) is 1. The molecule has 0 radical (unpaired) electrons. The number of morpholine rings is 1. The van der Waals surface area contributed by atoms with Crippen LogP contribution < -0.4 is 5.32 Å². The highest BCUT2D eigenvalue weighted by Crippen LogP contribution is 2.15. The predicted octanol–water partition coefficient (Wildman–Crippen LogP) is 2.15. The Kier molecular flexibility index (Phi) is 5.98. The fourth-order valence-corrected chi connectivity index (χ4v) is 2.81. The van der Waals surface area contributed by atoms with Gasteiger partial charge in [0.15, 0.2) is 0 Å². The number of hydrogen-bond donors (Lipinski definition) is 1. The van der Waals surface area contributed by atoms with E-state index < -0.39 is 0 Å². The summed E-state index contributed by atoms with van der Waals surface area (Å²) in [4.78, 5) is 14.5. The molecule has 0 spiro atoms. The average molecular weight is 304 g/mol. The maximum atomic E-state index is 12.1. The van der Waals surface area contributed by atoms with Gasteiger partial charge in [-0.1, -0.05) is 29.8 Å². The first kappa shape index (κ1) is 17.0. The zero-order valence-electron chi connectivity index (χ0n) is 14.0. The molecular weight excluding hydrogens is 276 g/mol. The van der Waals surface area contributed by atoms with Gasteiger partial charge in [-0.3, -0.25) is 9.69 Å². The molecule has 2 rings (SSSR count). The predicted molar refractivity (Wildman–Crippen MR) is 89.0 cm³/mol. The monoisotopic (exact) mass is 304 g/mol. The minimum Gasteiger partial charge on any atom is -0.379 e. The first-order valence-electron chi connectivity index (χ1n) is 8.12. The van der Waals surface area contributed by atoms with Gasteiger partial charge in [-0.15, -0.1) is 0 Å². The van der Waals surface area contributed by atoms with E-state index in [0.717, 1.165) is 32.7 Å². The van der Waals surface area contributed by atoms with Crippen molar-refractivity contribution >= 4 is 5.91 Å². The van der Waals surface area contributed by atoms with Crippen molar-refractivity contribution in [3.05, 3.63) is 35.4 Å². The van der Waals surface area contributed by atoms with Gasteiger partial charge in [-0.2, -0.15) is 0 Å². The van der Waals surface area contributed by atoms with Crippen LogP contribution in [0.1, 0.15) is 31.4 Å². The first-order chi connectivity index (χ1) is 10.5. The largest absolute Gasteiger partial charge is 0.379 e. The minimum atomic E-state index is -0.0250. The normalized spacial score (nSPS) is 16.5. The number of amides is 1. The van der Waals surface area contributed by atoms with Crippen molar-refractivity contribution < 1.29 is 9.53 Å². The Morgan fingerprint density at radius 3 is 2.73 bits per heavy atom. The highest BCUT2D eigenvalue weighted by Gasteiger charge is 2.28. The fourth-order valence-electron chi connectivity index (χ4n) is 2.81. The van der Waals surface area contributed by atoms with Crippen LogP contribution in [0, 0.1) is 6.92 Å². The third-order valence-electron chi connectivity index (χ3n) is 4.31. The molecule has 1 fully saturated rings. The summed E-state index contributed by atoms with van der Waals surface area (Å²) in [6.07, 6.45) is 1.34. The van der Waals surface area contributed by atoms with Crippen LogP contribution in [0.4, 0.5) is 0 Å². The van der Waals surface area contributed by atoms with Gasteiger partial charge in [0.1, 0.15) is 0 Å². The van der Waals surface area contributed by atoms with Crippen LogP contribution in [-0.4, -0.2) is 49.2 Å². The second-order valence-electron chi connectivity index (χ2n) is 6.68. The van der Waals surface area contributed by atoms with Gasteiger partial charge in [-0.05, 0) is 32.8 Å². The molecule has 1 aliphatic heterocycles. The molecule has 1 heterocycles. The number of carbonyl (C=O) groups is 1. The molecule has 122 valence electrons. The summed E-state index contributed by atoms with van der Waals surface area (Å²) < 4.78 is 5.39. The standard InChI is InChI=1S/C18H28N2O2/c1-15-5-4-6-16(13-15)7-8-17(21)19-14-18(2,3)20-9-11-22-12-10-20/h4-6,13H,7-12,14H2,1-3H3,(H,19,21). The average Bonchev–Trinajstić information content (AvgIpc) is 2.52. The molecule has 1 aromatic rings. The van der Waals surface area contributed by atoms with Crippen LogP contribution in [-0.2, 0) is 16.0 Å². The van der Waals surface area contributed by atoms with Crippen molar-refractivity contribution in [3.8, 4) is 0 Å². The molecule has 0 aliphatic carbocycles. The Hall–Kier alpha value is -1.39. The molecule has 4 nitrogen and oxygen atoms in total. The summed E-state index contributed by atoms with van der Waals surface area (Å²) in [5.74, 6) is 0.128. The van der Waals surface area contributed by atoms with E-state index in [1.54, 1.807) is 0 Å². The van der Waals surface area contributed by atoms with Gasteiger partial charge in [-0.25, -0.2) is 0 Å². The fraction of sp³-hybridized carbons (Fsp3) is 0.611. The van der Waals surface area contributed by atoms with Gasteiger partial charge < -0.3 is 10.1 Å². The molecule has 22 heavy (non-hydrogen) atoms. The van der Waals surface area contributed by atoms with Crippen LogP contribution in [0.25, 0.3) is 0 Å². The SMILES string of the molecule is Cc1cccc(CCC(=O)NCC(C)(C)N2CCOCC2)c1. The van der Waals surface area contributed by atoms with Gasteiger partial charge in [0, 0.05) is 31.6 Å². The molecule has 1 N–H and O–H groups in total. The van der Waals surface area contributed by atoms with Crippen molar-refractivity contribution in [2.45, 2.75) is 39.2 Å². The molecule has 1 aromatic carbocycles. The highest BCUT2D eigenvalue weighted by molar-refractivity contribution is 5.76. The number of ether oxygens (including phenoxy) is 1. The topological polar surface area (TPSA) is 41.6 Å². The Balaban J connectivity index is 1.74. The lowest BCUT2D eigenvalue weighted by Gasteiger charge is -2.40. The quantitative estimate of drug-likeness (QED) is 0.875. The maximum absolute atomic E-state index is 12.1. The third kappa shape index (κ3) is 5.11. The molecule has 4 heteroatoms. The minimum absolute atomic E-state index is 0.0250. The lowest BCUT2D eigenvalue weighted by atomic mass is 10.0. The number of aryl methyl sites for hydroxylation is 2. The van der Waals surface area contributed by atoms with Crippen molar-refractivity contribution in [2.75, 3.05) is 32.8 Å². The van der Waals surface area contributed by atoms with E-state index >= 15 is 0 Å². The number of nitrogens with zero attached hydrogens (tertiary/aromatic N) is 1. The summed E-state index contributed by atoms with van der Waals surface area (Å²) in [5, 5.41) is 3.08. The van der Waals surface area contributed by atoms with Gasteiger partial charge in [0.25, 0.3) is 0 Å². The third-order valence-corrected chi connectivity index (χ3v) is 4.31. The molecule has 1 amide bonds. The van der Waals surface area contributed by atoms with Crippen LogP contribution in [0.2, 0.25) is 0 Å². The van der Waals surface area contributed by atoms with Crippen LogP contribution in [0.3, 0.4) is 0 Å². The van der Waals surface area contributed by atoms with E-state index in [1.165, 1.54) is 11.1 Å². The summed E-state index contributed by atoms with van der Waals surface area (Å²) in [5.41, 5.74) is 2.44. The van der Waals surface area contributed by atoms with Crippen LogP contribution in [0.5, 0.6) is 0 Å². The molecule has 0 unspecified atom stereocenters. The van der Waals surface area contributed by atoms with E-state index in [4.69, 9.17) is 4.74 Å². The smallest absolute Gasteiger partial charge is 0.220 e. The van der Waals surface area contributed by atoms with Crippen molar-refractivity contribution in [3.63, 3.8) is 0 Å². The summed E-state index contributed by atoms with van der Waals surface area (Å²) in [6.45, 7) is 10.6. The Morgan fingerprint density at radius 2 is 2.05 bits per heavy atom. The van der Waals surface area contributed by atoms with E-state index in [2.05, 4.69) is 49.2 Å². The molecule has 0 bridgehead atoms. The summed E-state index contributed by atoms with van der Waals surface area (Å²) in [6, 6.07) is 8.35. The lowest BCUT2D eigenvalue weighted by Crippen LogP contribution is -2.55. The van der Waals surface area contributed by atoms with Gasteiger partial charge in [0.2, 0.25) is 5.91 Å². The number of carbonyl (C=O) groups excluding carboxylic acids is 1. The summed E-state index contributed by atoms with van der Waals surface area (Å²) >= 11 is 0. The molecule has 0 aromatic heterocycles. The molecule has 1 saturated heterocycles. The Morgan fingerprint density at radius 1 is 1.32 bits per heavy atom. The van der Waals surface area contributed by atoms with Crippen LogP contribution in [0.15, 0.2) is 24.3 Å². The lowest BCUT2D eigenvalue weighted by molar-refractivity contribution is -0.121. The zero-order valence-corrected chi connectivity index (χ0v) is 14.0. The Bertz CT molecular complexity index is 494. The highest BCUT2D eigenvalue weighted by atomic mass is 16.5. The Labute approximate surface area is 133 Å². The van der Waals surface area contributed by atoms with E-state index in [0.29, 0.717) is 13.0 Å². The number of rotatable bonds is 6.